The summed E-state index contributed by atoms with van der Waals surface area (Å²) in [6.45, 7) is 1.99. The fourth-order valence-corrected chi connectivity index (χ4v) is 1.09. The molecule has 0 aliphatic rings. The number of rotatable bonds is 2. The summed E-state index contributed by atoms with van der Waals surface area (Å²) in [6.07, 6.45) is 0. The number of benzene rings is 1. The van der Waals surface area contributed by atoms with Gasteiger partial charge in [-0.2, -0.15) is 0 Å². The van der Waals surface area contributed by atoms with Crippen LogP contribution in [-0.4, -0.2) is 12.2 Å². The van der Waals surface area contributed by atoms with E-state index in [1.54, 1.807) is 18.2 Å². The first-order valence-corrected chi connectivity index (χ1v) is 3.91. The van der Waals surface area contributed by atoms with Gasteiger partial charge >= 0.3 is 0 Å². The third kappa shape index (κ3) is 1.68. The molecular formula is C9H14N2O. The van der Waals surface area contributed by atoms with Crippen LogP contribution < -0.4 is 11.1 Å². The van der Waals surface area contributed by atoms with Crippen molar-refractivity contribution in [3.63, 3.8) is 0 Å². The van der Waals surface area contributed by atoms with Gasteiger partial charge in [-0.3, -0.25) is 0 Å². The summed E-state index contributed by atoms with van der Waals surface area (Å²) in [4.78, 5) is 0. The minimum absolute atomic E-state index is 0.164. The Hall–Kier alpha value is -1.22. The van der Waals surface area contributed by atoms with Crippen molar-refractivity contribution in [2.24, 2.45) is 0 Å². The van der Waals surface area contributed by atoms with Gasteiger partial charge in [-0.25, -0.2) is 0 Å². The highest BCUT2D eigenvalue weighted by Gasteiger charge is 2.06. The maximum atomic E-state index is 9.20. The Kier molecular flexibility index (Phi) is 2.55. The first kappa shape index (κ1) is 8.87. The zero-order valence-electron chi connectivity index (χ0n) is 7.33. The van der Waals surface area contributed by atoms with E-state index in [9.17, 15) is 5.11 Å². The van der Waals surface area contributed by atoms with E-state index in [2.05, 4.69) is 5.32 Å². The van der Waals surface area contributed by atoms with Crippen molar-refractivity contribution in [2.75, 3.05) is 12.8 Å². The van der Waals surface area contributed by atoms with Crippen LogP contribution in [0.15, 0.2) is 18.2 Å². The van der Waals surface area contributed by atoms with Crippen molar-refractivity contribution in [3.05, 3.63) is 23.8 Å². The molecule has 1 atom stereocenters. The molecule has 1 aromatic carbocycles. The van der Waals surface area contributed by atoms with Gasteiger partial charge in [0.05, 0.1) is 0 Å². The molecule has 12 heavy (non-hydrogen) atoms. The lowest BCUT2D eigenvalue weighted by Gasteiger charge is -2.13. The molecule has 0 radical (unpaired) electrons. The van der Waals surface area contributed by atoms with Gasteiger partial charge in [0.1, 0.15) is 5.75 Å². The second-order valence-corrected chi connectivity index (χ2v) is 2.82. The standard InChI is InChI=1S/C9H14N2O/c1-6(11-2)8-5-7(12)3-4-9(8)10/h3-6,11-12H,10H2,1-2H3/t6-/m0/s1. The largest absolute Gasteiger partial charge is 0.508 e. The van der Waals surface area contributed by atoms with Crippen molar-refractivity contribution in [3.8, 4) is 5.75 Å². The molecule has 0 fully saturated rings. The van der Waals surface area contributed by atoms with Gasteiger partial charge in [-0.1, -0.05) is 0 Å². The molecule has 0 saturated carbocycles. The second kappa shape index (κ2) is 3.45. The highest BCUT2D eigenvalue weighted by atomic mass is 16.3. The van der Waals surface area contributed by atoms with Crippen LogP contribution in [0.3, 0.4) is 0 Å². The van der Waals surface area contributed by atoms with Crippen LogP contribution in [0.5, 0.6) is 5.75 Å². The minimum Gasteiger partial charge on any atom is -0.508 e. The Bertz CT molecular complexity index is 273. The summed E-state index contributed by atoms with van der Waals surface area (Å²) in [6, 6.07) is 5.13. The van der Waals surface area contributed by atoms with Crippen LogP contribution >= 0.6 is 0 Å². The van der Waals surface area contributed by atoms with E-state index in [4.69, 9.17) is 5.73 Å². The number of hydrogen-bond acceptors (Lipinski definition) is 3. The molecule has 0 saturated heterocycles. The maximum absolute atomic E-state index is 9.20. The summed E-state index contributed by atoms with van der Waals surface area (Å²) in [5.41, 5.74) is 7.35. The number of anilines is 1. The van der Waals surface area contributed by atoms with Gasteiger partial charge in [0.2, 0.25) is 0 Å². The molecule has 0 unspecified atom stereocenters. The van der Waals surface area contributed by atoms with Crippen LogP contribution in [0, 0.1) is 0 Å². The molecule has 0 heterocycles. The van der Waals surface area contributed by atoms with Crippen LogP contribution in [0.1, 0.15) is 18.5 Å². The smallest absolute Gasteiger partial charge is 0.116 e. The lowest BCUT2D eigenvalue weighted by Crippen LogP contribution is -2.13. The predicted octanol–water partition coefficient (Wildman–Crippen LogP) is 1.25. The molecule has 3 heteroatoms. The maximum Gasteiger partial charge on any atom is 0.116 e. The van der Waals surface area contributed by atoms with E-state index in [1.807, 2.05) is 14.0 Å². The monoisotopic (exact) mass is 166 g/mol. The molecule has 66 valence electrons. The van der Waals surface area contributed by atoms with Crippen LogP contribution in [-0.2, 0) is 0 Å². The highest BCUT2D eigenvalue weighted by molar-refractivity contribution is 5.51. The SMILES string of the molecule is CN[C@@H](C)c1cc(O)ccc1N. The number of hydrogen-bond donors (Lipinski definition) is 3. The molecule has 3 nitrogen and oxygen atoms in total. The second-order valence-electron chi connectivity index (χ2n) is 2.82. The zero-order chi connectivity index (χ0) is 9.14. The number of nitrogens with one attached hydrogen (secondary N) is 1. The lowest BCUT2D eigenvalue weighted by atomic mass is 10.1. The lowest BCUT2D eigenvalue weighted by molar-refractivity contribution is 0.473. The first-order chi connectivity index (χ1) is 5.65. The Morgan fingerprint density at radius 1 is 1.50 bits per heavy atom. The number of nitrogen functional groups attached to an aromatic ring is 1. The van der Waals surface area contributed by atoms with Crippen LogP contribution in [0.4, 0.5) is 5.69 Å². The van der Waals surface area contributed by atoms with Crippen LogP contribution in [0.25, 0.3) is 0 Å². The van der Waals surface area contributed by atoms with Crippen molar-refractivity contribution in [1.29, 1.82) is 0 Å². The summed E-state index contributed by atoms with van der Waals surface area (Å²) in [7, 11) is 1.86. The van der Waals surface area contributed by atoms with Gasteiger partial charge in [0.25, 0.3) is 0 Å². The first-order valence-electron chi connectivity index (χ1n) is 3.91. The third-order valence-electron chi connectivity index (χ3n) is 1.97. The fourth-order valence-electron chi connectivity index (χ4n) is 1.09. The number of aromatic hydroxyl groups is 1. The van der Waals surface area contributed by atoms with E-state index in [-0.39, 0.29) is 11.8 Å². The van der Waals surface area contributed by atoms with E-state index < -0.39 is 0 Å². The minimum atomic E-state index is 0.164. The summed E-state index contributed by atoms with van der Waals surface area (Å²) < 4.78 is 0. The number of phenols is 1. The molecule has 0 aliphatic carbocycles. The molecule has 1 rings (SSSR count). The van der Waals surface area contributed by atoms with Crippen molar-refractivity contribution in [1.82, 2.24) is 5.32 Å². The predicted molar refractivity (Wildman–Crippen MR) is 50.0 cm³/mol. The average Bonchev–Trinajstić information content (AvgIpc) is 2.08. The summed E-state index contributed by atoms with van der Waals surface area (Å²) in [5, 5.41) is 12.3. The molecule has 0 amide bonds. The van der Waals surface area contributed by atoms with Gasteiger partial charge in [0, 0.05) is 11.7 Å². The summed E-state index contributed by atoms with van der Waals surface area (Å²) in [5.74, 6) is 0.251. The molecular weight excluding hydrogens is 152 g/mol. The average molecular weight is 166 g/mol. The Morgan fingerprint density at radius 3 is 2.75 bits per heavy atom. The van der Waals surface area contributed by atoms with E-state index in [0.29, 0.717) is 5.69 Å². The molecule has 1 aromatic rings. The van der Waals surface area contributed by atoms with E-state index in [1.165, 1.54) is 0 Å². The highest BCUT2D eigenvalue weighted by Crippen LogP contribution is 2.23. The third-order valence-corrected chi connectivity index (χ3v) is 1.97. The Labute approximate surface area is 72.2 Å². The molecule has 0 spiro atoms. The van der Waals surface area contributed by atoms with Crippen LogP contribution in [0.2, 0.25) is 0 Å². The van der Waals surface area contributed by atoms with Gasteiger partial charge in [0.15, 0.2) is 0 Å². The van der Waals surface area contributed by atoms with Crippen molar-refractivity contribution in [2.45, 2.75) is 13.0 Å². The van der Waals surface area contributed by atoms with Crippen molar-refractivity contribution < 1.29 is 5.11 Å². The van der Waals surface area contributed by atoms with Gasteiger partial charge in [-0.05, 0) is 37.7 Å². The molecule has 0 aromatic heterocycles. The molecule has 0 aliphatic heterocycles. The Balaban J connectivity index is 3.04. The summed E-state index contributed by atoms with van der Waals surface area (Å²) >= 11 is 0. The van der Waals surface area contributed by atoms with E-state index >= 15 is 0 Å². The zero-order valence-corrected chi connectivity index (χ0v) is 7.33. The normalized spacial score (nSPS) is 12.8. The van der Waals surface area contributed by atoms with E-state index in [0.717, 1.165) is 5.56 Å². The van der Waals surface area contributed by atoms with Gasteiger partial charge < -0.3 is 16.2 Å². The number of nitrogens with two attached hydrogens (primary N) is 1. The molecule has 4 N–H and O–H groups in total. The molecule has 0 bridgehead atoms. The quantitative estimate of drug-likeness (QED) is 0.458. The number of phenolic OH excluding ortho intramolecular Hbond substituents is 1. The Morgan fingerprint density at radius 2 is 2.17 bits per heavy atom. The van der Waals surface area contributed by atoms with Gasteiger partial charge in [-0.15, -0.1) is 0 Å². The fraction of sp³-hybridized carbons (Fsp3) is 0.333. The topological polar surface area (TPSA) is 58.3 Å². The van der Waals surface area contributed by atoms with Crippen molar-refractivity contribution >= 4 is 5.69 Å².